The molecule has 1 atom stereocenters. The number of sulfone groups is 1. The number of rotatable bonds is 11. The minimum absolute atomic E-state index is 0.214. The Morgan fingerprint density at radius 2 is 2.03 bits per heavy atom. The van der Waals surface area contributed by atoms with Crippen molar-refractivity contribution in [2.45, 2.75) is 24.6 Å². The molecule has 1 N–H and O–H groups in total. The third-order valence-corrected chi connectivity index (χ3v) is 7.85. The number of nitrogens with zero attached hydrogens (tertiary/aromatic N) is 4. The van der Waals surface area contributed by atoms with Gasteiger partial charge < -0.3 is 19.2 Å². The summed E-state index contributed by atoms with van der Waals surface area (Å²) in [5.74, 6) is 0.248. The molecular weight excluding hydrogens is 484 g/mol. The van der Waals surface area contributed by atoms with Crippen LogP contribution >= 0.6 is 0 Å². The van der Waals surface area contributed by atoms with Crippen LogP contribution in [0.4, 0.5) is 0 Å². The van der Waals surface area contributed by atoms with E-state index in [2.05, 4.69) is 14.9 Å². The predicted molar refractivity (Wildman–Crippen MR) is 136 cm³/mol. The van der Waals surface area contributed by atoms with Crippen molar-refractivity contribution in [1.29, 1.82) is 0 Å². The van der Waals surface area contributed by atoms with E-state index in [0.717, 1.165) is 24.1 Å². The molecule has 1 unspecified atom stereocenters. The lowest BCUT2D eigenvalue weighted by molar-refractivity contribution is 0.280. The van der Waals surface area contributed by atoms with Crippen LogP contribution in [0.15, 0.2) is 45.9 Å². The monoisotopic (exact) mass is 514 g/mol. The van der Waals surface area contributed by atoms with Crippen LogP contribution in [-0.4, -0.2) is 77.8 Å². The van der Waals surface area contributed by atoms with Gasteiger partial charge in [0.1, 0.15) is 0 Å². The van der Waals surface area contributed by atoms with Crippen molar-refractivity contribution >= 4 is 22.0 Å². The van der Waals surface area contributed by atoms with Gasteiger partial charge in [0.15, 0.2) is 26.8 Å². The summed E-state index contributed by atoms with van der Waals surface area (Å²) >= 11 is 0. The third kappa shape index (κ3) is 6.10. The van der Waals surface area contributed by atoms with E-state index in [-0.39, 0.29) is 24.1 Å². The van der Waals surface area contributed by atoms with E-state index < -0.39 is 27.5 Å². The van der Waals surface area contributed by atoms with Crippen LogP contribution in [0, 0.1) is 0 Å². The highest BCUT2D eigenvalue weighted by Crippen LogP contribution is 2.19. The lowest BCUT2D eigenvalue weighted by Crippen LogP contribution is -2.38. The number of fused-ring (bicyclic) bond motifs is 1. The van der Waals surface area contributed by atoms with Crippen LogP contribution in [-0.2, 0) is 16.4 Å². The molecule has 0 saturated heterocycles. The van der Waals surface area contributed by atoms with Gasteiger partial charge in [-0.15, -0.1) is 0 Å². The van der Waals surface area contributed by atoms with Gasteiger partial charge in [0.25, 0.3) is 0 Å². The maximum atomic E-state index is 12.6. The summed E-state index contributed by atoms with van der Waals surface area (Å²) in [7, 11) is 0.513. The Hall–Kier alpha value is -3.28. The molecule has 2 heterocycles. The number of aromatic nitrogens is 3. The number of aliphatic hydroxyl groups excluding tert-OH is 1. The zero-order valence-corrected chi connectivity index (χ0v) is 21.1. The lowest BCUT2D eigenvalue weighted by atomic mass is 10.1. The van der Waals surface area contributed by atoms with Crippen LogP contribution in [0.25, 0.3) is 23.5 Å². The largest absolute Gasteiger partial charge is 0.490 e. The third-order valence-electron chi connectivity index (χ3n) is 5.85. The molecule has 1 aliphatic rings. The Bertz CT molecular complexity index is 1480. The molecule has 0 aliphatic heterocycles. The Labute approximate surface area is 209 Å². The molecule has 36 heavy (non-hydrogen) atoms. The van der Waals surface area contributed by atoms with Crippen molar-refractivity contribution in [3.63, 3.8) is 0 Å². The van der Waals surface area contributed by atoms with E-state index in [0.29, 0.717) is 23.5 Å². The standard InChI is InChI=1S/C25H30N4O6S/c1-28(2)9-4-11-34-20-15-26-24(27-16-20)19-6-3-5-18(13-19)17-29-22-8-7-21(36(32,33)12-10-30)14-23(22)35-25(29)31/h3,5-6,8,13-16,21,30H,4,7,9-12,17H2,1-2H3. The normalized spacial score (nSPS) is 15.3. The van der Waals surface area contributed by atoms with Gasteiger partial charge in [0.2, 0.25) is 0 Å². The Morgan fingerprint density at radius 1 is 1.25 bits per heavy atom. The van der Waals surface area contributed by atoms with E-state index in [4.69, 9.17) is 14.3 Å². The van der Waals surface area contributed by atoms with Crippen molar-refractivity contribution < 1.29 is 22.7 Å². The average molecular weight is 515 g/mol. The first-order valence-corrected chi connectivity index (χ1v) is 13.4. The zero-order valence-electron chi connectivity index (χ0n) is 20.3. The molecular formula is C25H30N4O6S. The highest BCUT2D eigenvalue weighted by molar-refractivity contribution is 7.92. The molecule has 2 aromatic heterocycles. The second kappa shape index (κ2) is 11.2. The van der Waals surface area contributed by atoms with Gasteiger partial charge in [-0.25, -0.2) is 23.2 Å². The van der Waals surface area contributed by atoms with E-state index in [1.165, 1.54) is 10.6 Å². The van der Waals surface area contributed by atoms with E-state index >= 15 is 0 Å². The minimum atomic E-state index is -3.52. The smallest absolute Gasteiger partial charge is 0.420 e. The average Bonchev–Trinajstić information content (AvgIpc) is 3.16. The summed E-state index contributed by atoms with van der Waals surface area (Å²) in [5.41, 5.74) is 1.87. The number of hydrogen-bond acceptors (Lipinski definition) is 9. The molecule has 0 spiro atoms. The second-order valence-electron chi connectivity index (χ2n) is 8.89. The molecule has 192 valence electrons. The van der Waals surface area contributed by atoms with Crippen LogP contribution in [0.3, 0.4) is 0 Å². The Balaban J connectivity index is 1.50. The zero-order chi connectivity index (χ0) is 25.7. The van der Waals surface area contributed by atoms with Crippen LogP contribution in [0.2, 0.25) is 0 Å². The SMILES string of the molecule is CN(C)CCCOc1cnc(-c2cccc(Cn3c(=O)oc4c3=CCC(S(=O)(=O)CCO)C=4)c2)nc1. The molecule has 0 bridgehead atoms. The summed E-state index contributed by atoms with van der Waals surface area (Å²) < 4.78 is 37.1. The summed E-state index contributed by atoms with van der Waals surface area (Å²) in [6.45, 7) is 1.32. The number of hydrogen-bond donors (Lipinski definition) is 1. The first-order chi connectivity index (χ1) is 17.3. The van der Waals surface area contributed by atoms with Crippen LogP contribution in [0.1, 0.15) is 18.4 Å². The topological polar surface area (TPSA) is 128 Å². The number of oxazole rings is 1. The first-order valence-electron chi connectivity index (χ1n) is 11.7. The minimum Gasteiger partial charge on any atom is -0.490 e. The van der Waals surface area contributed by atoms with E-state index in [9.17, 15) is 13.2 Å². The van der Waals surface area contributed by atoms with Gasteiger partial charge in [-0.05, 0) is 44.6 Å². The summed E-state index contributed by atoms with van der Waals surface area (Å²) in [5, 5.41) is 8.75. The summed E-state index contributed by atoms with van der Waals surface area (Å²) in [6.07, 6.45) is 7.56. The predicted octanol–water partition coefficient (Wildman–Crippen LogP) is 0.0175. The molecule has 1 aromatic carbocycles. The summed E-state index contributed by atoms with van der Waals surface area (Å²) in [6, 6.07) is 7.55. The van der Waals surface area contributed by atoms with Crippen LogP contribution in [0.5, 0.6) is 5.75 Å². The van der Waals surface area contributed by atoms with Crippen molar-refractivity contribution in [3.8, 4) is 17.1 Å². The van der Waals surface area contributed by atoms with Crippen LogP contribution < -0.4 is 21.3 Å². The van der Waals surface area contributed by atoms with Crippen molar-refractivity contribution in [2.75, 3.05) is 39.6 Å². The van der Waals surface area contributed by atoms with Gasteiger partial charge >= 0.3 is 5.76 Å². The van der Waals surface area contributed by atoms with Crippen molar-refractivity contribution in [2.24, 2.45) is 0 Å². The number of aliphatic hydroxyl groups is 1. The van der Waals surface area contributed by atoms with Gasteiger partial charge in [0, 0.05) is 12.1 Å². The number of benzene rings is 1. The molecule has 0 radical (unpaired) electrons. The molecule has 0 amide bonds. The maximum Gasteiger partial charge on any atom is 0.420 e. The first kappa shape index (κ1) is 25.8. The number of ether oxygens (including phenoxy) is 1. The molecule has 1 aliphatic carbocycles. The fourth-order valence-corrected chi connectivity index (χ4v) is 5.29. The van der Waals surface area contributed by atoms with Gasteiger partial charge in [-0.2, -0.15) is 0 Å². The highest BCUT2D eigenvalue weighted by Gasteiger charge is 2.25. The molecule has 3 aromatic rings. The summed E-state index contributed by atoms with van der Waals surface area (Å²) in [4.78, 5) is 23.5. The van der Waals surface area contributed by atoms with Gasteiger partial charge in [0.05, 0.1) is 48.5 Å². The molecule has 4 rings (SSSR count). The molecule has 10 nitrogen and oxygen atoms in total. The maximum absolute atomic E-state index is 12.6. The van der Waals surface area contributed by atoms with E-state index in [1.807, 2.05) is 38.4 Å². The Kier molecular flexibility index (Phi) is 8.02. The van der Waals surface area contributed by atoms with Gasteiger partial charge in [-0.3, -0.25) is 4.57 Å². The van der Waals surface area contributed by atoms with Crippen molar-refractivity contribution in [3.05, 3.63) is 63.5 Å². The van der Waals surface area contributed by atoms with E-state index in [1.54, 1.807) is 18.5 Å². The fourth-order valence-electron chi connectivity index (χ4n) is 4.01. The fraction of sp³-hybridized carbons (Fsp3) is 0.400. The van der Waals surface area contributed by atoms with Gasteiger partial charge in [-0.1, -0.05) is 24.3 Å². The molecule has 11 heteroatoms. The Morgan fingerprint density at radius 3 is 2.75 bits per heavy atom. The quantitative estimate of drug-likeness (QED) is 0.352. The second-order valence-corrected chi connectivity index (χ2v) is 11.2. The van der Waals surface area contributed by atoms with Crippen molar-refractivity contribution in [1.82, 2.24) is 19.4 Å². The molecule has 0 fully saturated rings. The highest BCUT2D eigenvalue weighted by atomic mass is 32.2. The lowest BCUT2D eigenvalue weighted by Gasteiger charge is -2.13. The molecule has 0 saturated carbocycles.